The topological polar surface area (TPSA) is 146 Å². The Hall–Kier alpha value is -3.85. The van der Waals surface area contributed by atoms with Crippen LogP contribution in [0, 0.1) is 0 Å². The summed E-state index contributed by atoms with van der Waals surface area (Å²) in [6.45, 7) is 8.96. The number of halogens is 7. The van der Waals surface area contributed by atoms with Crippen molar-refractivity contribution in [3.8, 4) is 11.3 Å². The summed E-state index contributed by atoms with van der Waals surface area (Å²) < 4.78 is 65.0. The van der Waals surface area contributed by atoms with Crippen molar-refractivity contribution in [1.82, 2.24) is 10.3 Å². The molecule has 1 aliphatic heterocycles. The van der Waals surface area contributed by atoms with Gasteiger partial charge in [0.15, 0.2) is 11.2 Å². The van der Waals surface area contributed by atoms with E-state index in [4.69, 9.17) is 31.4 Å². The van der Waals surface area contributed by atoms with Gasteiger partial charge in [-0.15, -0.1) is 0 Å². The molecule has 1 fully saturated rings. The van der Waals surface area contributed by atoms with Crippen LogP contribution >= 0.6 is 11.6 Å². The highest BCUT2D eigenvalue weighted by Crippen LogP contribution is 2.25. The highest BCUT2D eigenvalue weighted by molar-refractivity contribution is 6.30. The molecule has 4 rings (SSSR count). The molecule has 0 bridgehead atoms. The van der Waals surface area contributed by atoms with Gasteiger partial charge in [-0.3, -0.25) is 4.79 Å². The SMILES string of the molecule is CC1(C)CC(NC(=O)c2[nH]c(-c3cccc(Cl)c3)c3cccc[n+]23)CC(C)(C)[NH2+]1.O=C([O-])C(F)(F)F.O=C([O-])C(F)(F)F. The third kappa shape index (κ3) is 10.4. The quantitative estimate of drug-likeness (QED) is 0.295. The second-order valence-corrected chi connectivity index (χ2v) is 11.5. The van der Waals surface area contributed by atoms with Gasteiger partial charge in [-0.1, -0.05) is 29.8 Å². The third-order valence-corrected chi connectivity index (χ3v) is 6.29. The van der Waals surface area contributed by atoms with Gasteiger partial charge in [-0.25, -0.2) is 4.98 Å². The fourth-order valence-corrected chi connectivity index (χ4v) is 5.18. The highest BCUT2D eigenvalue weighted by atomic mass is 35.5. The summed E-state index contributed by atoms with van der Waals surface area (Å²) in [6, 6.07) is 13.7. The van der Waals surface area contributed by atoms with Gasteiger partial charge in [-0.05, 0) is 52.0 Å². The maximum absolute atomic E-state index is 13.3. The molecule has 0 atom stereocenters. The first-order chi connectivity index (χ1) is 19.5. The molecule has 43 heavy (non-hydrogen) atoms. The number of nitrogens with zero attached hydrogens (tertiary/aromatic N) is 1. The number of quaternary nitrogens is 1. The van der Waals surface area contributed by atoms with E-state index in [1.165, 1.54) is 0 Å². The fourth-order valence-electron chi connectivity index (χ4n) is 4.99. The summed E-state index contributed by atoms with van der Waals surface area (Å²) in [4.78, 5) is 34.2. The number of hydrogen-bond donors (Lipinski definition) is 3. The Morgan fingerprint density at radius 3 is 1.91 bits per heavy atom. The number of nitrogens with one attached hydrogen (secondary N) is 2. The van der Waals surface area contributed by atoms with Crippen LogP contribution in [0.5, 0.6) is 0 Å². The molecule has 0 radical (unpaired) electrons. The highest BCUT2D eigenvalue weighted by Gasteiger charge is 2.43. The zero-order chi connectivity index (χ0) is 33.0. The number of carboxylic acids is 2. The molecule has 16 heteroatoms. The third-order valence-electron chi connectivity index (χ3n) is 6.05. The van der Waals surface area contributed by atoms with Gasteiger partial charge in [0.25, 0.3) is 0 Å². The second kappa shape index (κ2) is 13.2. The molecule has 0 spiro atoms. The van der Waals surface area contributed by atoms with Crippen molar-refractivity contribution in [3.05, 3.63) is 59.5 Å². The number of hydrogen-bond acceptors (Lipinski definition) is 5. The monoisotopic (exact) mass is 638 g/mol. The Balaban J connectivity index is 0.000000384. The number of fused-ring (bicyclic) bond motifs is 1. The van der Waals surface area contributed by atoms with Crippen LogP contribution in [0.25, 0.3) is 16.8 Å². The summed E-state index contributed by atoms with van der Waals surface area (Å²) in [5, 5.41) is 23.9. The Labute approximate surface area is 246 Å². The number of H-pyrrole nitrogens is 1. The molecule has 9 nitrogen and oxygen atoms in total. The number of carbonyl (C=O) groups excluding carboxylic acids is 3. The fraction of sp³-hybridized carbons (Fsp3) is 0.407. The van der Waals surface area contributed by atoms with Crippen LogP contribution in [0.15, 0.2) is 48.7 Å². The van der Waals surface area contributed by atoms with E-state index < -0.39 is 24.3 Å². The van der Waals surface area contributed by atoms with Gasteiger partial charge in [0.2, 0.25) is 0 Å². The van der Waals surface area contributed by atoms with E-state index in [9.17, 15) is 31.1 Å². The number of nitrogens with two attached hydrogens (primary N) is 1. The minimum atomic E-state index is -5.19. The van der Waals surface area contributed by atoms with Crippen molar-refractivity contribution in [1.29, 1.82) is 0 Å². The van der Waals surface area contributed by atoms with Crippen LogP contribution in [0.1, 0.15) is 51.2 Å². The predicted octanol–water partition coefficient (Wildman–Crippen LogP) is 1.68. The maximum atomic E-state index is 13.3. The molecule has 3 aromatic rings. The summed E-state index contributed by atoms with van der Waals surface area (Å²) >= 11 is 6.19. The Morgan fingerprint density at radius 1 is 0.930 bits per heavy atom. The summed E-state index contributed by atoms with van der Waals surface area (Å²) in [7, 11) is 0. The van der Waals surface area contributed by atoms with E-state index in [1.54, 1.807) is 0 Å². The molecule has 236 valence electrons. The van der Waals surface area contributed by atoms with E-state index in [2.05, 4.69) is 43.3 Å². The first-order valence-electron chi connectivity index (χ1n) is 12.5. The van der Waals surface area contributed by atoms with Gasteiger partial charge in [0, 0.05) is 29.5 Å². The summed E-state index contributed by atoms with van der Waals surface area (Å²) in [6.07, 6.45) is -6.60. The number of piperidine rings is 1. The maximum Gasteiger partial charge on any atom is 0.430 e. The summed E-state index contributed by atoms with van der Waals surface area (Å²) in [5.41, 5.74) is 2.97. The lowest BCUT2D eigenvalue weighted by atomic mass is 9.79. The normalized spacial score (nSPS) is 16.3. The van der Waals surface area contributed by atoms with Crippen molar-refractivity contribution in [3.63, 3.8) is 0 Å². The van der Waals surface area contributed by atoms with Gasteiger partial charge in [0.05, 0.1) is 17.3 Å². The van der Waals surface area contributed by atoms with Crippen LogP contribution in [0.2, 0.25) is 5.02 Å². The molecule has 1 amide bonds. The number of alkyl halides is 6. The molecule has 0 aliphatic carbocycles. The molecule has 4 N–H and O–H groups in total. The molecular formula is C27H29ClF6N4O5. The number of aromatic amines is 1. The van der Waals surface area contributed by atoms with Crippen molar-refractivity contribution < 1.29 is 60.7 Å². The lowest BCUT2D eigenvalue weighted by Crippen LogP contribution is -3.06. The Bertz CT molecular complexity index is 1430. The number of benzene rings is 1. The molecule has 0 saturated carbocycles. The molecule has 1 aromatic carbocycles. The Kier molecular flexibility index (Phi) is 10.9. The van der Waals surface area contributed by atoms with E-state index in [0.717, 1.165) is 29.6 Å². The van der Waals surface area contributed by atoms with Crippen LogP contribution in [-0.4, -0.2) is 52.3 Å². The standard InChI is InChI=1S/C23H27ClN4O.2C2HF3O2/c1-22(2)13-17(14-23(3,4)27-22)25-21(29)20-26-19(15-8-7-9-16(24)12-15)18-10-5-6-11-28(18)20;2*3-2(4,5)1(6)7/h5-12,17,27H,13-14H2,1-4H3,(H,25,29);2*(H,6,7). The number of imidazole rings is 1. The minimum absolute atomic E-state index is 0.0852. The van der Waals surface area contributed by atoms with Crippen LogP contribution in [0.4, 0.5) is 26.3 Å². The molecule has 2 aromatic heterocycles. The van der Waals surface area contributed by atoms with Crippen molar-refractivity contribution in [2.45, 2.75) is 70.0 Å². The van der Waals surface area contributed by atoms with Gasteiger partial charge >= 0.3 is 24.1 Å². The largest absolute Gasteiger partial charge is 0.542 e. The van der Waals surface area contributed by atoms with E-state index >= 15 is 0 Å². The van der Waals surface area contributed by atoms with Crippen LogP contribution in [-0.2, 0) is 9.59 Å². The van der Waals surface area contributed by atoms with Crippen LogP contribution in [0.3, 0.4) is 0 Å². The number of aromatic nitrogens is 2. The molecule has 1 saturated heterocycles. The molecule has 3 heterocycles. The van der Waals surface area contributed by atoms with E-state index in [-0.39, 0.29) is 23.0 Å². The zero-order valence-electron chi connectivity index (χ0n) is 23.3. The minimum Gasteiger partial charge on any atom is -0.542 e. The van der Waals surface area contributed by atoms with E-state index in [0.29, 0.717) is 10.8 Å². The number of carboxylic acid groups (broad SMARTS) is 2. The lowest BCUT2D eigenvalue weighted by Gasteiger charge is -2.42. The van der Waals surface area contributed by atoms with E-state index in [1.807, 2.05) is 53.1 Å². The first-order valence-corrected chi connectivity index (χ1v) is 12.9. The number of rotatable bonds is 3. The zero-order valence-corrected chi connectivity index (χ0v) is 24.1. The second-order valence-electron chi connectivity index (χ2n) is 11.1. The number of pyridine rings is 1. The van der Waals surface area contributed by atoms with Crippen molar-refractivity contribution in [2.75, 3.05) is 0 Å². The van der Waals surface area contributed by atoms with Gasteiger partial charge < -0.3 is 30.4 Å². The lowest BCUT2D eigenvalue weighted by molar-refractivity contribution is -0.788. The Morgan fingerprint density at radius 2 is 1.44 bits per heavy atom. The van der Waals surface area contributed by atoms with Crippen molar-refractivity contribution in [2.24, 2.45) is 0 Å². The van der Waals surface area contributed by atoms with Gasteiger partial charge in [-0.2, -0.15) is 30.7 Å². The molecular weight excluding hydrogens is 610 g/mol. The summed E-state index contributed by atoms with van der Waals surface area (Å²) in [5.74, 6) is -5.57. The number of aliphatic carboxylic acids is 2. The molecule has 1 aliphatic rings. The average molecular weight is 639 g/mol. The number of carbonyl (C=O) groups is 3. The van der Waals surface area contributed by atoms with Crippen molar-refractivity contribution >= 4 is 35.0 Å². The predicted molar refractivity (Wildman–Crippen MR) is 137 cm³/mol. The van der Waals surface area contributed by atoms with Crippen LogP contribution < -0.4 is 25.2 Å². The van der Waals surface area contributed by atoms with Gasteiger partial charge in [0.1, 0.15) is 11.9 Å². The first kappa shape index (κ1) is 35.3. The average Bonchev–Trinajstić information content (AvgIpc) is 3.21. The number of amides is 1. The molecule has 0 unspecified atom stereocenters. The smallest absolute Gasteiger partial charge is 0.430 e.